The molecule has 0 radical (unpaired) electrons. The standard InChI is InChI=1S/C24H26N2O4S/c1-3-4-16-30-20-8-7-9-21(17-20)31(28,29)26-23-11-6-5-10-22(23)24(27)25-19-14-12-18(2)13-15-19/h5-15,17,26H,3-4,16H2,1-2H3,(H,25,27). The van der Waals surface area contributed by atoms with Gasteiger partial charge < -0.3 is 10.1 Å². The van der Waals surface area contributed by atoms with Crippen molar-refractivity contribution < 1.29 is 17.9 Å². The molecule has 0 aliphatic heterocycles. The van der Waals surface area contributed by atoms with Crippen LogP contribution in [0.25, 0.3) is 0 Å². The molecule has 0 aliphatic rings. The molecule has 3 rings (SSSR count). The molecular weight excluding hydrogens is 412 g/mol. The molecular formula is C24H26N2O4S. The number of sulfonamides is 1. The predicted molar refractivity (Wildman–Crippen MR) is 123 cm³/mol. The summed E-state index contributed by atoms with van der Waals surface area (Å²) in [5.41, 5.74) is 2.13. The maximum atomic E-state index is 13.0. The summed E-state index contributed by atoms with van der Waals surface area (Å²) in [7, 11) is -3.91. The number of hydrogen-bond donors (Lipinski definition) is 2. The van der Waals surface area contributed by atoms with E-state index in [1.165, 1.54) is 12.1 Å². The first-order valence-electron chi connectivity index (χ1n) is 10.1. The third-order valence-electron chi connectivity index (χ3n) is 4.61. The third kappa shape index (κ3) is 6.08. The number of carbonyl (C=O) groups is 1. The van der Waals surface area contributed by atoms with Crippen molar-refractivity contribution in [2.24, 2.45) is 0 Å². The number of amides is 1. The van der Waals surface area contributed by atoms with Gasteiger partial charge in [-0.3, -0.25) is 9.52 Å². The van der Waals surface area contributed by atoms with Crippen molar-refractivity contribution in [3.05, 3.63) is 83.9 Å². The quantitative estimate of drug-likeness (QED) is 0.448. The molecule has 0 atom stereocenters. The van der Waals surface area contributed by atoms with Gasteiger partial charge in [0.1, 0.15) is 5.75 Å². The SMILES string of the molecule is CCCCOc1cccc(S(=O)(=O)Nc2ccccc2C(=O)Nc2ccc(C)cc2)c1. The van der Waals surface area contributed by atoms with Crippen LogP contribution in [0.15, 0.2) is 77.7 Å². The van der Waals surface area contributed by atoms with E-state index < -0.39 is 15.9 Å². The van der Waals surface area contributed by atoms with Gasteiger partial charge in [-0.2, -0.15) is 0 Å². The van der Waals surface area contributed by atoms with Crippen molar-refractivity contribution in [1.29, 1.82) is 0 Å². The van der Waals surface area contributed by atoms with Crippen LogP contribution in [0.1, 0.15) is 35.7 Å². The number of anilines is 2. The van der Waals surface area contributed by atoms with Crippen molar-refractivity contribution >= 4 is 27.3 Å². The van der Waals surface area contributed by atoms with Gasteiger partial charge in [-0.05, 0) is 49.7 Å². The van der Waals surface area contributed by atoms with Crippen LogP contribution < -0.4 is 14.8 Å². The Bertz CT molecular complexity index is 1140. The highest BCUT2D eigenvalue weighted by Crippen LogP contribution is 2.24. The van der Waals surface area contributed by atoms with Gasteiger partial charge in [-0.1, -0.05) is 49.2 Å². The number of hydrogen-bond acceptors (Lipinski definition) is 4. The smallest absolute Gasteiger partial charge is 0.262 e. The molecule has 3 aromatic carbocycles. The van der Waals surface area contributed by atoms with Crippen molar-refractivity contribution in [2.45, 2.75) is 31.6 Å². The van der Waals surface area contributed by atoms with Gasteiger partial charge in [0.2, 0.25) is 0 Å². The average Bonchev–Trinajstić information content (AvgIpc) is 2.76. The molecule has 6 nitrogen and oxygen atoms in total. The Morgan fingerprint density at radius 3 is 2.45 bits per heavy atom. The summed E-state index contributed by atoms with van der Waals surface area (Å²) in [6.07, 6.45) is 1.87. The second-order valence-corrected chi connectivity index (χ2v) is 8.83. The summed E-state index contributed by atoms with van der Waals surface area (Å²) in [6, 6.07) is 20.2. The number of rotatable bonds is 9. The fourth-order valence-electron chi connectivity index (χ4n) is 2.87. The lowest BCUT2D eigenvalue weighted by Crippen LogP contribution is -2.18. The topological polar surface area (TPSA) is 84.5 Å². The van der Waals surface area contributed by atoms with Gasteiger partial charge in [0, 0.05) is 11.8 Å². The fraction of sp³-hybridized carbons (Fsp3) is 0.208. The van der Waals surface area contributed by atoms with Gasteiger partial charge in [-0.15, -0.1) is 0 Å². The van der Waals surface area contributed by atoms with E-state index in [1.807, 2.05) is 19.1 Å². The summed E-state index contributed by atoms with van der Waals surface area (Å²) in [4.78, 5) is 12.8. The van der Waals surface area contributed by atoms with Gasteiger partial charge in [0.15, 0.2) is 0 Å². The number of unbranched alkanes of at least 4 members (excludes halogenated alkanes) is 1. The molecule has 2 N–H and O–H groups in total. The normalized spacial score (nSPS) is 11.0. The first-order chi connectivity index (χ1) is 14.9. The first-order valence-corrected chi connectivity index (χ1v) is 11.6. The molecule has 0 saturated carbocycles. The molecule has 0 bridgehead atoms. The lowest BCUT2D eigenvalue weighted by Gasteiger charge is -2.14. The van der Waals surface area contributed by atoms with E-state index in [1.54, 1.807) is 48.5 Å². The number of para-hydroxylation sites is 1. The molecule has 0 aromatic heterocycles. The summed E-state index contributed by atoms with van der Waals surface area (Å²) in [6.45, 7) is 4.54. The van der Waals surface area contributed by atoms with E-state index in [0.717, 1.165) is 18.4 Å². The fourth-order valence-corrected chi connectivity index (χ4v) is 3.99. The Morgan fingerprint density at radius 1 is 0.968 bits per heavy atom. The number of carbonyl (C=O) groups excluding carboxylic acids is 1. The predicted octanol–water partition coefficient (Wildman–Crippen LogP) is 5.23. The second kappa shape index (κ2) is 10.1. The van der Waals surface area contributed by atoms with Gasteiger partial charge in [0.25, 0.3) is 15.9 Å². The highest BCUT2D eigenvalue weighted by Gasteiger charge is 2.19. The monoisotopic (exact) mass is 438 g/mol. The van der Waals surface area contributed by atoms with Crippen molar-refractivity contribution in [3.8, 4) is 5.75 Å². The van der Waals surface area contributed by atoms with Crippen molar-refractivity contribution in [3.63, 3.8) is 0 Å². The minimum absolute atomic E-state index is 0.0650. The minimum Gasteiger partial charge on any atom is -0.494 e. The van der Waals surface area contributed by atoms with Crippen LogP contribution in [0.2, 0.25) is 0 Å². The van der Waals surface area contributed by atoms with Crippen molar-refractivity contribution in [1.82, 2.24) is 0 Å². The van der Waals surface area contributed by atoms with Gasteiger partial charge >= 0.3 is 0 Å². The van der Waals surface area contributed by atoms with E-state index in [2.05, 4.69) is 17.0 Å². The van der Waals surface area contributed by atoms with Crippen LogP contribution in [0, 0.1) is 6.92 Å². The lowest BCUT2D eigenvalue weighted by atomic mass is 10.1. The lowest BCUT2D eigenvalue weighted by molar-refractivity contribution is 0.102. The zero-order chi connectivity index (χ0) is 22.3. The van der Waals surface area contributed by atoms with E-state index in [4.69, 9.17) is 4.74 Å². The molecule has 7 heteroatoms. The number of aryl methyl sites for hydroxylation is 1. The van der Waals surface area contributed by atoms with Crippen LogP contribution in [-0.4, -0.2) is 20.9 Å². The molecule has 0 fully saturated rings. The molecule has 162 valence electrons. The molecule has 0 spiro atoms. The first kappa shape index (κ1) is 22.4. The molecule has 31 heavy (non-hydrogen) atoms. The molecule has 0 heterocycles. The van der Waals surface area contributed by atoms with Crippen LogP contribution in [0.3, 0.4) is 0 Å². The molecule has 1 amide bonds. The maximum absolute atomic E-state index is 13.0. The molecule has 0 unspecified atom stereocenters. The largest absolute Gasteiger partial charge is 0.494 e. The number of benzene rings is 3. The summed E-state index contributed by atoms with van der Waals surface area (Å²) >= 11 is 0. The van der Waals surface area contributed by atoms with Gasteiger partial charge in [-0.25, -0.2) is 8.42 Å². The third-order valence-corrected chi connectivity index (χ3v) is 5.97. The van der Waals surface area contributed by atoms with E-state index in [-0.39, 0.29) is 16.1 Å². The molecule has 0 saturated heterocycles. The zero-order valence-electron chi connectivity index (χ0n) is 17.6. The van der Waals surface area contributed by atoms with E-state index in [0.29, 0.717) is 18.0 Å². The number of nitrogens with one attached hydrogen (secondary N) is 2. The van der Waals surface area contributed by atoms with Gasteiger partial charge in [0.05, 0.1) is 22.8 Å². The van der Waals surface area contributed by atoms with Crippen molar-refractivity contribution in [2.75, 3.05) is 16.6 Å². The summed E-state index contributed by atoms with van der Waals surface area (Å²) in [5.74, 6) is 0.0838. The van der Waals surface area contributed by atoms with E-state index >= 15 is 0 Å². The second-order valence-electron chi connectivity index (χ2n) is 7.15. The number of ether oxygens (including phenoxy) is 1. The Morgan fingerprint density at radius 2 is 1.71 bits per heavy atom. The van der Waals surface area contributed by atoms with Crippen LogP contribution in [0.5, 0.6) is 5.75 Å². The summed E-state index contributed by atoms with van der Waals surface area (Å²) in [5, 5.41) is 2.80. The summed E-state index contributed by atoms with van der Waals surface area (Å²) < 4.78 is 34.1. The molecule has 3 aromatic rings. The Labute approximate surface area is 183 Å². The minimum atomic E-state index is -3.91. The Balaban J connectivity index is 1.80. The highest BCUT2D eigenvalue weighted by atomic mass is 32.2. The molecule has 0 aliphatic carbocycles. The zero-order valence-corrected chi connectivity index (χ0v) is 18.4. The maximum Gasteiger partial charge on any atom is 0.262 e. The van der Waals surface area contributed by atoms with Crippen LogP contribution >= 0.6 is 0 Å². The Hall–Kier alpha value is -3.32. The van der Waals surface area contributed by atoms with Crippen LogP contribution in [0.4, 0.5) is 11.4 Å². The Kier molecular flexibility index (Phi) is 7.31. The van der Waals surface area contributed by atoms with Crippen LogP contribution in [-0.2, 0) is 10.0 Å². The van der Waals surface area contributed by atoms with E-state index in [9.17, 15) is 13.2 Å². The highest BCUT2D eigenvalue weighted by molar-refractivity contribution is 7.92. The average molecular weight is 439 g/mol.